The van der Waals surface area contributed by atoms with E-state index in [0.717, 1.165) is 25.7 Å². The van der Waals surface area contributed by atoms with Crippen LogP contribution in [0.3, 0.4) is 0 Å². The van der Waals surface area contributed by atoms with E-state index >= 15 is 0 Å². The highest BCUT2D eigenvalue weighted by molar-refractivity contribution is 5.25. The van der Waals surface area contributed by atoms with Crippen molar-refractivity contribution in [2.75, 3.05) is 0 Å². The molecule has 0 radical (unpaired) electrons. The lowest BCUT2D eigenvalue weighted by Crippen LogP contribution is -2.59. The molecule has 0 amide bonds. The summed E-state index contributed by atoms with van der Waals surface area (Å²) in [7, 11) is 0. The van der Waals surface area contributed by atoms with E-state index in [1.54, 1.807) is 0 Å². The third-order valence-corrected chi connectivity index (χ3v) is 10.1. The average molecular weight is 485 g/mol. The first-order valence-electron chi connectivity index (χ1n) is 12.0. The Balaban J connectivity index is 1.57. The zero-order valence-corrected chi connectivity index (χ0v) is 19.0. The molecular weight excluding hydrogens is 450 g/mol. The minimum absolute atomic E-state index is 0.0347. The summed E-state index contributed by atoms with van der Waals surface area (Å²) in [4.78, 5) is 0. The van der Waals surface area contributed by atoms with Crippen molar-refractivity contribution in [1.29, 1.82) is 0 Å². The Morgan fingerprint density at radius 3 is 2.21 bits per heavy atom. The number of halogens is 6. The standard InChI is InChI=1S/C24H34F6O3/c1-20-9-7-14(31)11-13(20)3-4-15-16-5-6-18(21(16,2)10-8-17(15)20)19(32)12-22(33,23(25,26)27)24(28,29)30/h3,14-19,31-33H,4-12H2,1-2H3/t14?,15?,16?,17?,18?,19?,20-,21+/m0/s1. The lowest BCUT2D eigenvalue weighted by molar-refractivity contribution is -0.375. The highest BCUT2D eigenvalue weighted by atomic mass is 19.4. The zero-order valence-electron chi connectivity index (χ0n) is 19.0. The topological polar surface area (TPSA) is 60.7 Å². The molecule has 190 valence electrons. The van der Waals surface area contributed by atoms with Crippen molar-refractivity contribution in [2.24, 2.45) is 34.5 Å². The number of alkyl halides is 6. The van der Waals surface area contributed by atoms with Gasteiger partial charge in [0.1, 0.15) is 0 Å². The largest absolute Gasteiger partial charge is 0.426 e. The molecule has 4 aliphatic rings. The molecule has 0 aromatic carbocycles. The summed E-state index contributed by atoms with van der Waals surface area (Å²) in [6, 6.07) is 0. The van der Waals surface area contributed by atoms with Gasteiger partial charge >= 0.3 is 12.4 Å². The van der Waals surface area contributed by atoms with Crippen molar-refractivity contribution < 1.29 is 41.7 Å². The first-order chi connectivity index (χ1) is 15.0. The predicted octanol–water partition coefficient (Wildman–Crippen LogP) is 5.53. The molecule has 0 heterocycles. The third-order valence-electron chi connectivity index (χ3n) is 10.1. The minimum Gasteiger partial charge on any atom is -0.393 e. The van der Waals surface area contributed by atoms with Crippen LogP contribution in [0.5, 0.6) is 0 Å². The summed E-state index contributed by atoms with van der Waals surface area (Å²) < 4.78 is 79.3. The average Bonchev–Trinajstić information content (AvgIpc) is 3.04. The monoisotopic (exact) mass is 484 g/mol. The van der Waals surface area contributed by atoms with E-state index in [-0.39, 0.29) is 23.4 Å². The Morgan fingerprint density at radius 1 is 0.970 bits per heavy atom. The molecule has 9 heteroatoms. The second-order valence-corrected chi connectivity index (χ2v) is 11.5. The molecule has 6 unspecified atom stereocenters. The SMILES string of the molecule is C[C@@]12CCC3C(CC=C4CC(O)CC[C@@]43C)C1CCC2C(O)CC(O)(C(F)(F)F)C(F)(F)F. The van der Waals surface area contributed by atoms with Gasteiger partial charge in [0.25, 0.3) is 5.60 Å². The number of hydrogen-bond acceptors (Lipinski definition) is 3. The number of aliphatic hydroxyl groups is 3. The van der Waals surface area contributed by atoms with Crippen molar-refractivity contribution in [3.8, 4) is 0 Å². The molecule has 0 aromatic heterocycles. The van der Waals surface area contributed by atoms with Gasteiger partial charge in [0.2, 0.25) is 0 Å². The maximum atomic E-state index is 13.2. The second-order valence-electron chi connectivity index (χ2n) is 11.5. The number of fused-ring (bicyclic) bond motifs is 5. The van der Waals surface area contributed by atoms with Crippen LogP contribution in [0, 0.1) is 34.5 Å². The van der Waals surface area contributed by atoms with Gasteiger partial charge in [-0.3, -0.25) is 0 Å². The lowest BCUT2D eigenvalue weighted by Gasteiger charge is -2.58. The van der Waals surface area contributed by atoms with Crippen LogP contribution < -0.4 is 0 Å². The molecule has 0 aliphatic heterocycles. The van der Waals surface area contributed by atoms with Gasteiger partial charge in [-0.25, -0.2) is 0 Å². The van der Waals surface area contributed by atoms with E-state index in [2.05, 4.69) is 13.0 Å². The van der Waals surface area contributed by atoms with E-state index in [1.165, 1.54) is 5.57 Å². The van der Waals surface area contributed by atoms with Crippen molar-refractivity contribution in [2.45, 2.75) is 102 Å². The van der Waals surface area contributed by atoms with E-state index in [9.17, 15) is 41.7 Å². The number of hydrogen-bond donors (Lipinski definition) is 3. The Kier molecular flexibility index (Phi) is 6.02. The van der Waals surface area contributed by atoms with Crippen LogP contribution in [-0.4, -0.2) is 45.5 Å². The normalized spacial score (nSPS) is 42.8. The molecular formula is C24H34F6O3. The predicted molar refractivity (Wildman–Crippen MR) is 109 cm³/mol. The summed E-state index contributed by atoms with van der Waals surface area (Å²) in [5.74, 6) is -0.0106. The molecule has 3 nitrogen and oxygen atoms in total. The van der Waals surface area contributed by atoms with Gasteiger partial charge in [-0.05, 0) is 85.9 Å². The van der Waals surface area contributed by atoms with Crippen molar-refractivity contribution in [3.63, 3.8) is 0 Å². The third kappa shape index (κ3) is 3.75. The van der Waals surface area contributed by atoms with Gasteiger partial charge < -0.3 is 15.3 Å². The van der Waals surface area contributed by atoms with Gasteiger partial charge in [0, 0.05) is 6.42 Å². The lowest BCUT2D eigenvalue weighted by atomic mass is 9.47. The molecule has 8 atom stereocenters. The van der Waals surface area contributed by atoms with Gasteiger partial charge in [0.15, 0.2) is 0 Å². The maximum absolute atomic E-state index is 13.2. The fourth-order valence-corrected chi connectivity index (χ4v) is 8.15. The minimum atomic E-state index is -5.92. The molecule has 4 aliphatic carbocycles. The Labute approximate surface area is 190 Å². The molecule has 3 fully saturated rings. The molecule has 33 heavy (non-hydrogen) atoms. The van der Waals surface area contributed by atoms with E-state index in [4.69, 9.17) is 0 Å². The summed E-state index contributed by atoms with van der Waals surface area (Å²) in [5.41, 5.74) is -4.26. The molecule has 3 saturated carbocycles. The first kappa shape index (κ1) is 25.3. The summed E-state index contributed by atoms with van der Waals surface area (Å²) >= 11 is 0. The van der Waals surface area contributed by atoms with E-state index in [1.807, 2.05) is 6.92 Å². The maximum Gasteiger partial charge on any atom is 0.426 e. The molecule has 4 rings (SSSR count). The van der Waals surface area contributed by atoms with Crippen LogP contribution in [0.2, 0.25) is 0 Å². The first-order valence-corrected chi connectivity index (χ1v) is 12.0. The van der Waals surface area contributed by atoms with E-state index < -0.39 is 41.8 Å². The highest BCUT2D eigenvalue weighted by Gasteiger charge is 2.71. The smallest absolute Gasteiger partial charge is 0.393 e. The fourth-order valence-electron chi connectivity index (χ4n) is 8.15. The van der Waals surface area contributed by atoms with Crippen LogP contribution in [0.1, 0.15) is 71.6 Å². The van der Waals surface area contributed by atoms with Crippen molar-refractivity contribution in [3.05, 3.63) is 11.6 Å². The van der Waals surface area contributed by atoms with E-state index in [0.29, 0.717) is 31.6 Å². The van der Waals surface area contributed by atoms with Crippen LogP contribution in [0.25, 0.3) is 0 Å². The molecule has 0 saturated heterocycles. The van der Waals surface area contributed by atoms with Gasteiger partial charge in [-0.1, -0.05) is 25.5 Å². The fraction of sp³-hybridized carbons (Fsp3) is 0.917. The van der Waals surface area contributed by atoms with Crippen LogP contribution >= 0.6 is 0 Å². The molecule has 0 bridgehead atoms. The number of allylic oxidation sites excluding steroid dienone is 1. The van der Waals surface area contributed by atoms with Gasteiger partial charge in [-0.2, -0.15) is 26.3 Å². The number of rotatable bonds is 3. The molecule has 0 aromatic rings. The van der Waals surface area contributed by atoms with Crippen LogP contribution in [-0.2, 0) is 0 Å². The summed E-state index contributed by atoms with van der Waals surface area (Å²) in [6.45, 7) is 4.14. The van der Waals surface area contributed by atoms with Crippen molar-refractivity contribution in [1.82, 2.24) is 0 Å². The summed E-state index contributed by atoms with van der Waals surface area (Å²) in [5, 5.41) is 30.4. The van der Waals surface area contributed by atoms with Crippen molar-refractivity contribution >= 4 is 0 Å². The van der Waals surface area contributed by atoms with Crippen LogP contribution in [0.15, 0.2) is 11.6 Å². The highest BCUT2D eigenvalue weighted by Crippen LogP contribution is 2.67. The quantitative estimate of drug-likeness (QED) is 0.365. The Morgan fingerprint density at radius 2 is 1.61 bits per heavy atom. The Bertz CT molecular complexity index is 778. The Hall–Kier alpha value is -0.800. The van der Waals surface area contributed by atoms with Crippen LogP contribution in [0.4, 0.5) is 26.3 Å². The van der Waals surface area contributed by atoms with Gasteiger partial charge in [0.05, 0.1) is 12.2 Å². The van der Waals surface area contributed by atoms with Gasteiger partial charge in [-0.15, -0.1) is 0 Å². The second kappa shape index (κ2) is 7.85. The number of aliphatic hydroxyl groups excluding tert-OH is 2. The zero-order chi connectivity index (χ0) is 24.6. The molecule has 0 spiro atoms. The summed E-state index contributed by atoms with van der Waals surface area (Å²) in [6.07, 6.45) is -8.18. The molecule has 3 N–H and O–H groups in total.